The molecule has 1 aliphatic rings. The van der Waals surface area contributed by atoms with Gasteiger partial charge in [0.05, 0.1) is 0 Å². The number of carbonyl (C=O) groups is 3. The van der Waals surface area contributed by atoms with E-state index in [1.54, 1.807) is 11.8 Å². The highest BCUT2D eigenvalue weighted by Gasteiger charge is 2.20. The fraction of sp³-hybridized carbons (Fsp3) is 0.615. The summed E-state index contributed by atoms with van der Waals surface area (Å²) in [6.45, 7) is 4.74. The average molecular weight is 268 g/mol. The van der Waals surface area contributed by atoms with E-state index >= 15 is 0 Å². The van der Waals surface area contributed by atoms with Crippen molar-refractivity contribution in [1.29, 1.82) is 0 Å². The van der Waals surface area contributed by atoms with Crippen LogP contribution in [0, 0.1) is 5.92 Å². The predicted molar refractivity (Wildman–Crippen MR) is 69.5 cm³/mol. The van der Waals surface area contributed by atoms with Gasteiger partial charge >= 0.3 is 12.0 Å². The number of nitrogens with one attached hydrogen (secondary N) is 1. The first-order chi connectivity index (χ1) is 8.88. The molecule has 0 aromatic rings. The van der Waals surface area contributed by atoms with E-state index in [-0.39, 0.29) is 18.8 Å². The highest BCUT2D eigenvalue weighted by Crippen LogP contribution is 2.10. The minimum Gasteiger partial charge on any atom is -0.481 e. The first kappa shape index (κ1) is 15.2. The van der Waals surface area contributed by atoms with Crippen molar-refractivity contribution in [3.8, 4) is 0 Å². The smallest absolute Gasteiger partial charge is 0.324 e. The van der Waals surface area contributed by atoms with E-state index in [1.807, 2.05) is 6.92 Å². The molecular formula is C13H20N2O4. The van der Waals surface area contributed by atoms with Crippen molar-refractivity contribution in [2.24, 2.45) is 5.92 Å². The maximum absolute atomic E-state index is 11.8. The van der Waals surface area contributed by atoms with Gasteiger partial charge in [-0.05, 0) is 19.3 Å². The number of carboxylic acids is 1. The van der Waals surface area contributed by atoms with Crippen molar-refractivity contribution in [3.63, 3.8) is 0 Å². The van der Waals surface area contributed by atoms with Gasteiger partial charge in [-0.25, -0.2) is 4.79 Å². The fourth-order valence-electron chi connectivity index (χ4n) is 2.02. The summed E-state index contributed by atoms with van der Waals surface area (Å²) in [4.78, 5) is 35.5. The van der Waals surface area contributed by atoms with Gasteiger partial charge in [0.15, 0.2) is 0 Å². The molecule has 0 fully saturated rings. The SMILES string of the molecule is CC1=CCCN(C(=O)NC(=O)CC(C)CC(=O)O)C1. The van der Waals surface area contributed by atoms with Gasteiger partial charge in [-0.3, -0.25) is 14.9 Å². The average Bonchev–Trinajstić information content (AvgIpc) is 2.27. The summed E-state index contributed by atoms with van der Waals surface area (Å²) in [6, 6.07) is -0.403. The second-order valence-corrected chi connectivity index (χ2v) is 5.02. The normalized spacial score (nSPS) is 16.5. The Kier molecular flexibility index (Phi) is 5.54. The van der Waals surface area contributed by atoms with Crippen molar-refractivity contribution < 1.29 is 19.5 Å². The van der Waals surface area contributed by atoms with Crippen molar-refractivity contribution >= 4 is 17.9 Å². The Morgan fingerprint density at radius 1 is 1.42 bits per heavy atom. The number of hydrogen-bond acceptors (Lipinski definition) is 3. The van der Waals surface area contributed by atoms with E-state index in [4.69, 9.17) is 5.11 Å². The van der Waals surface area contributed by atoms with Crippen LogP contribution in [0.5, 0.6) is 0 Å². The molecule has 19 heavy (non-hydrogen) atoms. The highest BCUT2D eigenvalue weighted by molar-refractivity contribution is 5.94. The highest BCUT2D eigenvalue weighted by atomic mass is 16.4. The van der Waals surface area contributed by atoms with Crippen molar-refractivity contribution in [2.75, 3.05) is 13.1 Å². The second-order valence-electron chi connectivity index (χ2n) is 5.02. The summed E-state index contributed by atoms with van der Waals surface area (Å²) in [5, 5.41) is 10.9. The molecule has 106 valence electrons. The molecule has 0 aromatic heterocycles. The zero-order chi connectivity index (χ0) is 14.4. The van der Waals surface area contributed by atoms with Gasteiger partial charge in [0.2, 0.25) is 5.91 Å². The molecule has 1 aliphatic heterocycles. The van der Waals surface area contributed by atoms with E-state index in [2.05, 4.69) is 11.4 Å². The molecule has 3 amide bonds. The van der Waals surface area contributed by atoms with Gasteiger partial charge < -0.3 is 10.0 Å². The van der Waals surface area contributed by atoms with E-state index in [1.165, 1.54) is 0 Å². The van der Waals surface area contributed by atoms with Crippen LogP contribution in [0.3, 0.4) is 0 Å². The number of aliphatic carboxylic acids is 1. The Morgan fingerprint density at radius 3 is 2.68 bits per heavy atom. The number of imide groups is 1. The first-order valence-electron chi connectivity index (χ1n) is 6.34. The molecule has 0 saturated heterocycles. The summed E-state index contributed by atoms with van der Waals surface area (Å²) >= 11 is 0. The summed E-state index contributed by atoms with van der Waals surface area (Å²) in [6.07, 6.45) is 2.83. The Morgan fingerprint density at radius 2 is 2.11 bits per heavy atom. The number of nitrogens with zero attached hydrogens (tertiary/aromatic N) is 1. The number of hydrogen-bond donors (Lipinski definition) is 2. The Hall–Kier alpha value is -1.85. The van der Waals surface area contributed by atoms with Crippen molar-refractivity contribution in [2.45, 2.75) is 33.1 Å². The lowest BCUT2D eigenvalue weighted by atomic mass is 10.0. The molecule has 0 spiro atoms. The van der Waals surface area contributed by atoms with Gasteiger partial charge in [-0.15, -0.1) is 0 Å². The molecule has 1 atom stereocenters. The third kappa shape index (κ3) is 5.54. The Bertz CT molecular complexity index is 403. The van der Waals surface area contributed by atoms with E-state index in [9.17, 15) is 14.4 Å². The molecule has 0 aromatic carbocycles. The summed E-state index contributed by atoms with van der Waals surface area (Å²) in [5.41, 5.74) is 1.10. The summed E-state index contributed by atoms with van der Waals surface area (Å²) in [7, 11) is 0. The third-order valence-electron chi connectivity index (χ3n) is 2.92. The van der Waals surface area contributed by atoms with E-state index in [0.29, 0.717) is 13.1 Å². The summed E-state index contributed by atoms with van der Waals surface area (Å²) < 4.78 is 0. The van der Waals surface area contributed by atoms with Gasteiger partial charge in [-0.2, -0.15) is 0 Å². The van der Waals surface area contributed by atoms with E-state index in [0.717, 1.165) is 12.0 Å². The molecule has 6 heteroatoms. The zero-order valence-electron chi connectivity index (χ0n) is 11.3. The van der Waals surface area contributed by atoms with Gasteiger partial charge in [0.25, 0.3) is 0 Å². The van der Waals surface area contributed by atoms with Crippen LogP contribution < -0.4 is 5.32 Å². The van der Waals surface area contributed by atoms with Crippen LogP contribution >= 0.6 is 0 Å². The largest absolute Gasteiger partial charge is 0.481 e. The van der Waals surface area contributed by atoms with Crippen molar-refractivity contribution in [1.82, 2.24) is 10.2 Å². The number of rotatable bonds is 4. The molecule has 0 radical (unpaired) electrons. The maximum atomic E-state index is 11.8. The number of carbonyl (C=O) groups excluding carboxylic acids is 2. The van der Waals surface area contributed by atoms with Crippen LogP contribution in [0.2, 0.25) is 0 Å². The Balaban J connectivity index is 2.38. The maximum Gasteiger partial charge on any atom is 0.324 e. The van der Waals surface area contributed by atoms with Crippen LogP contribution in [0.25, 0.3) is 0 Å². The summed E-state index contributed by atoms with van der Waals surface area (Å²) in [5.74, 6) is -1.65. The number of amides is 3. The molecule has 1 heterocycles. The lowest BCUT2D eigenvalue weighted by Gasteiger charge is -2.26. The second kappa shape index (κ2) is 6.92. The van der Waals surface area contributed by atoms with Crippen LogP contribution in [-0.2, 0) is 9.59 Å². The lowest BCUT2D eigenvalue weighted by molar-refractivity contribution is -0.138. The van der Waals surface area contributed by atoms with Gasteiger partial charge in [0, 0.05) is 25.9 Å². The number of carboxylic acid groups (broad SMARTS) is 1. The minimum atomic E-state index is -0.941. The molecule has 0 aliphatic carbocycles. The monoisotopic (exact) mass is 268 g/mol. The molecule has 2 N–H and O–H groups in total. The molecular weight excluding hydrogens is 248 g/mol. The predicted octanol–water partition coefficient (Wildman–Crippen LogP) is 1.38. The van der Waals surface area contributed by atoms with Crippen molar-refractivity contribution in [3.05, 3.63) is 11.6 Å². The Labute approximate surface area is 112 Å². The van der Waals surface area contributed by atoms with Crippen LogP contribution in [0.15, 0.2) is 11.6 Å². The van der Waals surface area contributed by atoms with Crippen LogP contribution in [-0.4, -0.2) is 41.0 Å². The minimum absolute atomic E-state index is 0.0424. The van der Waals surface area contributed by atoms with E-state index < -0.39 is 17.9 Å². The molecule has 0 saturated carbocycles. The quantitative estimate of drug-likeness (QED) is 0.754. The third-order valence-corrected chi connectivity index (χ3v) is 2.92. The molecule has 1 rings (SSSR count). The van der Waals surface area contributed by atoms with Gasteiger partial charge in [-0.1, -0.05) is 18.6 Å². The van der Waals surface area contributed by atoms with Crippen LogP contribution in [0.1, 0.15) is 33.1 Å². The fourth-order valence-corrected chi connectivity index (χ4v) is 2.02. The molecule has 6 nitrogen and oxygen atoms in total. The lowest BCUT2D eigenvalue weighted by Crippen LogP contribution is -2.45. The number of urea groups is 1. The van der Waals surface area contributed by atoms with Gasteiger partial charge in [0.1, 0.15) is 0 Å². The van der Waals surface area contributed by atoms with Crippen LogP contribution in [0.4, 0.5) is 4.79 Å². The topological polar surface area (TPSA) is 86.7 Å². The molecule has 0 bridgehead atoms. The zero-order valence-corrected chi connectivity index (χ0v) is 11.3. The standard InChI is InChI=1S/C13H20N2O4/c1-9-4-3-5-15(8-9)13(19)14-11(16)6-10(2)7-12(17)18/h4,10H,3,5-8H2,1-2H3,(H,17,18)(H,14,16,19). The molecule has 1 unspecified atom stereocenters. The first-order valence-corrected chi connectivity index (χ1v) is 6.34.